The largest absolute Gasteiger partial charge is 0.506 e. The van der Waals surface area contributed by atoms with Gasteiger partial charge in [-0.3, -0.25) is 4.79 Å². The first-order valence-electron chi connectivity index (χ1n) is 11.8. The maximum Gasteiger partial charge on any atom is 0.233 e. The highest BCUT2D eigenvalue weighted by atomic mass is 35.5. The zero-order valence-electron chi connectivity index (χ0n) is 22.0. The molecule has 0 spiro atoms. The van der Waals surface area contributed by atoms with E-state index in [1.807, 2.05) is 6.92 Å². The highest BCUT2D eigenvalue weighted by Crippen LogP contribution is 2.29. The van der Waals surface area contributed by atoms with Gasteiger partial charge in [-0.25, -0.2) is 0 Å². The van der Waals surface area contributed by atoms with Gasteiger partial charge in [0.05, 0.1) is 5.69 Å². The van der Waals surface area contributed by atoms with Crippen LogP contribution in [-0.4, -0.2) is 52.1 Å². The second-order valence-electron chi connectivity index (χ2n) is 8.51. The van der Waals surface area contributed by atoms with Crippen LogP contribution in [0, 0.1) is 0 Å². The van der Waals surface area contributed by atoms with Crippen molar-refractivity contribution in [2.75, 3.05) is 46.6 Å². The predicted molar refractivity (Wildman–Crippen MR) is 163 cm³/mol. The molecule has 1 aromatic carbocycles. The molecule has 3 heterocycles. The van der Waals surface area contributed by atoms with Crippen molar-refractivity contribution in [1.82, 2.24) is 39.6 Å². The number of aromatic hydroxyl groups is 1. The monoisotopic (exact) mass is 551 g/mol. The summed E-state index contributed by atoms with van der Waals surface area (Å²) in [5.41, 5.74) is 1.05. The molecule has 15 N–H and O–H groups in total. The molecule has 2 saturated heterocycles. The number of aromatic nitrogens is 3. The smallest absolute Gasteiger partial charge is 0.233 e. The molecule has 13 nitrogen and oxygen atoms in total. The van der Waals surface area contributed by atoms with E-state index in [1.165, 1.54) is 12.8 Å². The second-order valence-corrected chi connectivity index (χ2v) is 8.51. The molecule has 37 heavy (non-hydrogen) atoms. The highest BCUT2D eigenvalue weighted by Gasteiger charge is 2.20. The van der Waals surface area contributed by atoms with Crippen LogP contribution in [0.15, 0.2) is 18.2 Å². The summed E-state index contributed by atoms with van der Waals surface area (Å²) in [6, 6.07) is 5.06. The Morgan fingerprint density at radius 2 is 1.41 bits per heavy atom. The van der Waals surface area contributed by atoms with Crippen LogP contribution in [0.3, 0.4) is 0 Å². The van der Waals surface area contributed by atoms with Crippen molar-refractivity contribution in [3.63, 3.8) is 0 Å². The molecular weight excluding hydrogens is 498 g/mol. The van der Waals surface area contributed by atoms with E-state index < -0.39 is 0 Å². The number of hydrogen-bond acceptors (Lipinski definition) is 12. The number of carbonyl (C=O) groups excluding carboxylic acids is 1. The Kier molecular flexibility index (Phi) is 17.1. The summed E-state index contributed by atoms with van der Waals surface area (Å²) in [7, 11) is 0. The number of carbonyl (C=O) groups is 1. The summed E-state index contributed by atoms with van der Waals surface area (Å²) in [5, 5.41) is 16.3. The molecule has 2 aliphatic heterocycles. The third kappa shape index (κ3) is 9.78. The maximum atomic E-state index is 11.8. The van der Waals surface area contributed by atoms with Crippen molar-refractivity contribution in [1.29, 1.82) is 0 Å². The molecule has 0 unspecified atom stereocenters. The van der Waals surface area contributed by atoms with E-state index in [-0.39, 0.29) is 54.4 Å². The zero-order valence-corrected chi connectivity index (χ0v) is 22.9. The first-order chi connectivity index (χ1) is 15.6. The van der Waals surface area contributed by atoms with Crippen molar-refractivity contribution >= 4 is 47.5 Å². The Morgan fingerprint density at radius 1 is 0.892 bits per heavy atom. The lowest BCUT2D eigenvalue weighted by molar-refractivity contribution is -0.116. The third-order valence-electron chi connectivity index (χ3n) is 5.89. The fourth-order valence-electron chi connectivity index (χ4n) is 4.16. The van der Waals surface area contributed by atoms with E-state index >= 15 is 0 Å². The fraction of sp³-hybridized carbons (Fsp3) is 0.565. The molecule has 0 bridgehead atoms. The van der Waals surface area contributed by atoms with E-state index in [2.05, 4.69) is 30.4 Å². The highest BCUT2D eigenvalue weighted by molar-refractivity contribution is 5.92. The Balaban J connectivity index is -0.000000340. The quantitative estimate of drug-likeness (QED) is 0.193. The minimum atomic E-state index is -0.113. The van der Waals surface area contributed by atoms with Gasteiger partial charge in [-0.15, -0.1) is 12.4 Å². The Morgan fingerprint density at radius 3 is 1.86 bits per heavy atom. The van der Waals surface area contributed by atoms with Gasteiger partial charge in [0.25, 0.3) is 0 Å². The van der Waals surface area contributed by atoms with Crippen LogP contribution >= 0.6 is 12.4 Å². The molecule has 2 aliphatic rings. The van der Waals surface area contributed by atoms with Crippen LogP contribution in [0.1, 0.15) is 64.0 Å². The topological polar surface area (TPSA) is 247 Å². The number of halogens is 1. The molecule has 0 saturated carbocycles. The first kappa shape index (κ1) is 36.2. The van der Waals surface area contributed by atoms with Crippen molar-refractivity contribution < 1.29 is 15.6 Å². The number of phenolic OH excluding ortho intramolecular Hbond substituents is 1. The SMILES string of the molecule is CCCC(=O)Nc1ccc(Nc2nc(N3CCCCC3)nc(N3CCCCC3)n2)cc1O.Cl.N.N.N.N.[HH].[HH].[HH].[HH]. The molecule has 220 valence electrons. The maximum absolute atomic E-state index is 11.8. The lowest BCUT2D eigenvalue weighted by Gasteiger charge is -2.30. The third-order valence-corrected chi connectivity index (χ3v) is 5.89. The number of piperidine rings is 2. The normalized spacial score (nSPS) is 14.4. The Hall–Kier alpha value is -2.97. The van der Waals surface area contributed by atoms with Crippen LogP contribution in [-0.2, 0) is 4.79 Å². The average Bonchev–Trinajstić information content (AvgIpc) is 2.82. The molecule has 0 aliphatic carbocycles. The summed E-state index contributed by atoms with van der Waals surface area (Å²) < 4.78 is 0. The van der Waals surface area contributed by atoms with E-state index in [9.17, 15) is 9.90 Å². The van der Waals surface area contributed by atoms with Gasteiger partial charge >= 0.3 is 0 Å². The number of rotatable bonds is 7. The van der Waals surface area contributed by atoms with Crippen LogP contribution in [0.25, 0.3) is 0 Å². The van der Waals surface area contributed by atoms with Gasteiger partial charge in [-0.2, -0.15) is 15.0 Å². The van der Waals surface area contributed by atoms with Crippen LogP contribution in [0.4, 0.5) is 29.2 Å². The van der Waals surface area contributed by atoms with Gasteiger partial charge in [0.15, 0.2) is 0 Å². The van der Waals surface area contributed by atoms with Gasteiger partial charge in [-0.1, -0.05) is 6.92 Å². The Bertz CT molecular complexity index is 922. The average molecular weight is 552 g/mol. The lowest BCUT2D eigenvalue weighted by Crippen LogP contribution is -2.34. The standard InChI is InChI=1S/C23H33N7O2.ClH.4H3N.4H2/c1-2-9-20(32)25-18-11-10-17(16-19(18)31)24-21-26-22(29-12-5-3-6-13-29)28-23(27-21)30-14-7-4-8-15-30;;;;;;;;;/h10-11,16,31H,2-9,12-15H2,1H3,(H,25,32)(H,24,26,27,28);1H;4*1H3;4*1H. The van der Waals surface area contributed by atoms with E-state index in [0.29, 0.717) is 35.6 Å². The number of phenols is 1. The van der Waals surface area contributed by atoms with Crippen LogP contribution < -0.4 is 45.0 Å². The summed E-state index contributed by atoms with van der Waals surface area (Å²) in [5.74, 6) is 1.76. The first-order valence-corrected chi connectivity index (χ1v) is 11.8. The number of nitrogens with zero attached hydrogens (tertiary/aromatic N) is 5. The van der Waals surface area contributed by atoms with Gasteiger partial charge in [0, 0.05) is 50.1 Å². The molecule has 1 amide bonds. The van der Waals surface area contributed by atoms with Gasteiger partial charge in [0.2, 0.25) is 23.8 Å². The molecule has 0 radical (unpaired) electrons. The number of anilines is 5. The van der Waals surface area contributed by atoms with E-state index in [0.717, 1.165) is 58.3 Å². The van der Waals surface area contributed by atoms with E-state index in [4.69, 9.17) is 4.98 Å². The minimum Gasteiger partial charge on any atom is -0.506 e. The van der Waals surface area contributed by atoms with Crippen molar-refractivity contribution in [3.8, 4) is 5.75 Å². The van der Waals surface area contributed by atoms with Crippen molar-refractivity contribution in [3.05, 3.63) is 18.2 Å². The van der Waals surface area contributed by atoms with Crippen molar-refractivity contribution in [2.24, 2.45) is 0 Å². The summed E-state index contributed by atoms with van der Waals surface area (Å²) in [6.07, 6.45) is 8.24. The molecule has 0 atom stereocenters. The van der Waals surface area contributed by atoms with Crippen molar-refractivity contribution in [2.45, 2.75) is 58.3 Å². The number of benzene rings is 1. The fourth-order valence-corrected chi connectivity index (χ4v) is 4.16. The number of amides is 1. The molecule has 4 rings (SSSR count). The molecule has 2 fully saturated rings. The molecular formula is C23H54ClN11O2. The predicted octanol–water partition coefficient (Wildman–Crippen LogP) is 6.09. The van der Waals surface area contributed by atoms with Crippen LogP contribution in [0.5, 0.6) is 5.75 Å². The molecule has 2 aromatic rings. The van der Waals surface area contributed by atoms with Gasteiger partial charge in [0.1, 0.15) is 5.75 Å². The number of hydrogen-bond donors (Lipinski definition) is 7. The number of nitrogens with one attached hydrogen (secondary N) is 2. The summed E-state index contributed by atoms with van der Waals surface area (Å²) in [4.78, 5) is 30.5. The summed E-state index contributed by atoms with van der Waals surface area (Å²) in [6.45, 7) is 5.76. The Labute approximate surface area is 231 Å². The lowest BCUT2D eigenvalue weighted by atomic mass is 10.1. The van der Waals surface area contributed by atoms with Gasteiger partial charge < -0.3 is 50.1 Å². The zero-order chi connectivity index (χ0) is 22.3. The second kappa shape index (κ2) is 17.5. The van der Waals surface area contributed by atoms with Crippen LogP contribution in [0.2, 0.25) is 0 Å². The van der Waals surface area contributed by atoms with E-state index in [1.54, 1.807) is 18.2 Å². The molecule has 14 heteroatoms. The van der Waals surface area contributed by atoms with Gasteiger partial charge in [-0.05, 0) is 57.1 Å². The minimum absolute atomic E-state index is 0. The molecule has 1 aromatic heterocycles. The summed E-state index contributed by atoms with van der Waals surface area (Å²) >= 11 is 0.